The normalized spacial score (nSPS) is 12.3. The van der Waals surface area contributed by atoms with Crippen molar-refractivity contribution < 1.29 is 19.1 Å². The number of aromatic nitrogens is 3. The van der Waals surface area contributed by atoms with Gasteiger partial charge in [0.2, 0.25) is 5.91 Å². The smallest absolute Gasteiger partial charge is 0.308 e. The Labute approximate surface area is 184 Å². The highest BCUT2D eigenvalue weighted by molar-refractivity contribution is 5.93. The second kappa shape index (κ2) is 13.0. The molecule has 2 aromatic heterocycles. The van der Waals surface area contributed by atoms with Gasteiger partial charge < -0.3 is 14.8 Å². The van der Waals surface area contributed by atoms with Gasteiger partial charge in [-0.25, -0.2) is 9.50 Å². The van der Waals surface area contributed by atoms with Gasteiger partial charge in [-0.2, -0.15) is 5.10 Å². The highest BCUT2D eigenvalue weighted by Crippen LogP contribution is 2.18. The van der Waals surface area contributed by atoms with Crippen molar-refractivity contribution in [3.8, 4) is 0 Å². The van der Waals surface area contributed by atoms with Crippen LogP contribution in [0, 0.1) is 5.92 Å². The molecule has 2 rings (SSSR count). The number of aryl methyl sites for hydroxylation is 1. The maximum atomic E-state index is 12.3. The van der Waals surface area contributed by atoms with E-state index in [-0.39, 0.29) is 30.5 Å². The third-order valence-electron chi connectivity index (χ3n) is 5.23. The number of fused-ring (bicyclic) bond motifs is 1. The second-order valence-electron chi connectivity index (χ2n) is 8.12. The summed E-state index contributed by atoms with van der Waals surface area (Å²) in [6, 6.07) is 3.88. The third-order valence-corrected chi connectivity index (χ3v) is 5.23. The van der Waals surface area contributed by atoms with Crippen molar-refractivity contribution in [3.63, 3.8) is 0 Å². The van der Waals surface area contributed by atoms with E-state index in [1.165, 1.54) is 25.6 Å². The molecule has 31 heavy (non-hydrogen) atoms. The van der Waals surface area contributed by atoms with Gasteiger partial charge in [-0.3, -0.25) is 9.59 Å². The molecule has 0 aliphatic carbocycles. The summed E-state index contributed by atoms with van der Waals surface area (Å²) in [4.78, 5) is 28.2. The third kappa shape index (κ3) is 7.94. The largest absolute Gasteiger partial charge is 0.463 e. The predicted octanol–water partition coefficient (Wildman–Crippen LogP) is 4.18. The van der Waals surface area contributed by atoms with E-state index in [0.29, 0.717) is 25.1 Å². The molecule has 8 nitrogen and oxygen atoms in total. The fraction of sp³-hybridized carbons (Fsp3) is 0.652. The van der Waals surface area contributed by atoms with Crippen LogP contribution in [0.1, 0.15) is 71.4 Å². The van der Waals surface area contributed by atoms with Crippen LogP contribution in [0.15, 0.2) is 18.5 Å². The first-order chi connectivity index (χ1) is 15.0. The van der Waals surface area contributed by atoms with Crippen LogP contribution in [0.25, 0.3) is 5.52 Å². The topological polar surface area (TPSA) is 94.8 Å². The number of nitrogens with one attached hydrogen (secondary N) is 1. The zero-order valence-corrected chi connectivity index (χ0v) is 19.2. The summed E-state index contributed by atoms with van der Waals surface area (Å²) in [5.74, 6) is 0.114. The number of amides is 1. The van der Waals surface area contributed by atoms with E-state index in [2.05, 4.69) is 22.3 Å². The molecule has 0 aromatic carbocycles. The minimum Gasteiger partial charge on any atom is -0.463 e. The summed E-state index contributed by atoms with van der Waals surface area (Å²) in [6.45, 7) is 6.01. The quantitative estimate of drug-likeness (QED) is 0.355. The van der Waals surface area contributed by atoms with Crippen LogP contribution in [0.4, 0.5) is 5.82 Å². The molecule has 2 aromatic rings. The van der Waals surface area contributed by atoms with E-state index in [0.717, 1.165) is 24.1 Å². The summed E-state index contributed by atoms with van der Waals surface area (Å²) in [6.07, 6.45) is 8.66. The summed E-state index contributed by atoms with van der Waals surface area (Å²) in [5, 5.41) is 7.25. The Morgan fingerprint density at radius 3 is 2.65 bits per heavy atom. The van der Waals surface area contributed by atoms with Crippen LogP contribution in [0.3, 0.4) is 0 Å². The van der Waals surface area contributed by atoms with E-state index in [1.807, 2.05) is 12.1 Å². The second-order valence-corrected chi connectivity index (χ2v) is 8.12. The minimum absolute atomic E-state index is 0.0220. The van der Waals surface area contributed by atoms with E-state index >= 15 is 0 Å². The summed E-state index contributed by atoms with van der Waals surface area (Å²) in [7, 11) is 1.61. The maximum Gasteiger partial charge on any atom is 0.308 e. The maximum absolute atomic E-state index is 12.3. The number of hydrogen-bond donors (Lipinski definition) is 1. The van der Waals surface area contributed by atoms with Crippen molar-refractivity contribution in [1.82, 2.24) is 14.6 Å². The summed E-state index contributed by atoms with van der Waals surface area (Å²) < 4.78 is 12.5. The lowest BCUT2D eigenvalue weighted by atomic mass is 10.1. The van der Waals surface area contributed by atoms with Crippen molar-refractivity contribution in [3.05, 3.63) is 24.2 Å². The summed E-state index contributed by atoms with van der Waals surface area (Å²) in [5.41, 5.74) is 1.74. The van der Waals surface area contributed by atoms with E-state index in [9.17, 15) is 9.59 Å². The van der Waals surface area contributed by atoms with Gasteiger partial charge in [0.25, 0.3) is 0 Å². The van der Waals surface area contributed by atoms with Crippen LogP contribution in [-0.4, -0.2) is 46.3 Å². The Balaban J connectivity index is 1.92. The van der Waals surface area contributed by atoms with Gasteiger partial charge in [-0.1, -0.05) is 46.5 Å². The first-order valence-corrected chi connectivity index (χ1v) is 11.3. The number of carbonyl (C=O) groups is 2. The number of anilines is 1. The highest BCUT2D eigenvalue weighted by atomic mass is 16.6. The molecule has 0 spiro atoms. The predicted molar refractivity (Wildman–Crippen MR) is 120 cm³/mol. The zero-order chi connectivity index (χ0) is 22.6. The first kappa shape index (κ1) is 24.8. The molecule has 1 unspecified atom stereocenters. The zero-order valence-electron chi connectivity index (χ0n) is 19.2. The molecule has 2 heterocycles. The molecule has 0 aliphatic heterocycles. The fourth-order valence-corrected chi connectivity index (χ4v) is 3.28. The number of esters is 1. The van der Waals surface area contributed by atoms with Crippen molar-refractivity contribution in [2.24, 2.45) is 5.92 Å². The summed E-state index contributed by atoms with van der Waals surface area (Å²) >= 11 is 0. The van der Waals surface area contributed by atoms with Crippen molar-refractivity contribution in [2.75, 3.05) is 19.0 Å². The molecule has 1 N–H and O–H groups in total. The molecule has 0 saturated heterocycles. The highest BCUT2D eigenvalue weighted by Gasteiger charge is 2.16. The lowest BCUT2D eigenvalue weighted by Gasteiger charge is -2.16. The molecule has 0 aliphatic rings. The number of unbranched alkanes of at least 4 members (excludes halogenated alkanes) is 4. The SMILES string of the molecule is CCCCCCCC(=O)Nc1ncnn2c(CCC(COC(=O)C(C)C)OC)ccc12. The van der Waals surface area contributed by atoms with Crippen molar-refractivity contribution >= 4 is 23.2 Å². The van der Waals surface area contributed by atoms with Gasteiger partial charge in [0, 0.05) is 19.2 Å². The first-order valence-electron chi connectivity index (χ1n) is 11.3. The molecule has 8 heteroatoms. The average molecular weight is 433 g/mol. The molecule has 1 amide bonds. The van der Waals surface area contributed by atoms with Gasteiger partial charge in [0.15, 0.2) is 5.82 Å². The lowest BCUT2D eigenvalue weighted by molar-refractivity contribution is -0.151. The van der Waals surface area contributed by atoms with Gasteiger partial charge in [-0.05, 0) is 31.4 Å². The standard InChI is InChI=1S/C23H36N4O4/c1-5-6-7-8-9-10-21(28)26-22-20-14-12-18(27(20)25-16-24-22)11-13-19(30-4)15-31-23(29)17(2)3/h12,14,16-17,19H,5-11,13,15H2,1-4H3,(H,24,25,26,28). The van der Waals surface area contributed by atoms with Gasteiger partial charge in [-0.15, -0.1) is 0 Å². The molecular formula is C23H36N4O4. The van der Waals surface area contributed by atoms with Crippen LogP contribution in [-0.2, 0) is 25.5 Å². The number of ether oxygens (including phenoxy) is 2. The van der Waals surface area contributed by atoms with E-state index in [1.54, 1.807) is 25.5 Å². The van der Waals surface area contributed by atoms with E-state index < -0.39 is 0 Å². The van der Waals surface area contributed by atoms with Crippen LogP contribution < -0.4 is 5.32 Å². The van der Waals surface area contributed by atoms with Crippen LogP contribution in [0.5, 0.6) is 0 Å². The number of rotatable bonds is 14. The van der Waals surface area contributed by atoms with Crippen LogP contribution in [0.2, 0.25) is 0 Å². The Hall–Kier alpha value is -2.48. The molecular weight excluding hydrogens is 396 g/mol. The Kier molecular flexibility index (Phi) is 10.4. The van der Waals surface area contributed by atoms with Gasteiger partial charge in [0.05, 0.1) is 12.0 Å². The molecule has 0 bridgehead atoms. The van der Waals surface area contributed by atoms with Crippen molar-refractivity contribution in [1.29, 1.82) is 0 Å². The fourth-order valence-electron chi connectivity index (χ4n) is 3.28. The minimum atomic E-state index is -0.228. The Bertz CT molecular complexity index is 834. The number of hydrogen-bond acceptors (Lipinski definition) is 6. The van der Waals surface area contributed by atoms with E-state index in [4.69, 9.17) is 9.47 Å². The molecule has 1 atom stereocenters. The average Bonchev–Trinajstić information content (AvgIpc) is 3.17. The molecule has 172 valence electrons. The molecule has 0 radical (unpaired) electrons. The lowest BCUT2D eigenvalue weighted by Crippen LogP contribution is -2.23. The molecule has 0 saturated carbocycles. The number of methoxy groups -OCH3 is 1. The monoisotopic (exact) mass is 432 g/mol. The van der Waals surface area contributed by atoms with Gasteiger partial charge >= 0.3 is 5.97 Å². The van der Waals surface area contributed by atoms with Crippen LogP contribution >= 0.6 is 0 Å². The molecule has 0 fully saturated rings. The van der Waals surface area contributed by atoms with Gasteiger partial charge in [0.1, 0.15) is 18.5 Å². The van der Waals surface area contributed by atoms with Crippen molar-refractivity contribution in [2.45, 2.75) is 78.2 Å². The number of carbonyl (C=O) groups excluding carboxylic acids is 2. The number of nitrogens with zero attached hydrogens (tertiary/aromatic N) is 3. The Morgan fingerprint density at radius 2 is 1.94 bits per heavy atom. The Morgan fingerprint density at radius 1 is 1.16 bits per heavy atom.